The van der Waals surface area contributed by atoms with Gasteiger partial charge in [0.15, 0.2) is 0 Å². The molecule has 0 unspecified atom stereocenters. The van der Waals surface area contributed by atoms with E-state index in [4.69, 9.17) is 7.85 Å². The van der Waals surface area contributed by atoms with Crippen LogP contribution in [0.3, 0.4) is 0 Å². The molecule has 0 heterocycles. The van der Waals surface area contributed by atoms with Gasteiger partial charge in [-0.3, -0.25) is 0 Å². The van der Waals surface area contributed by atoms with Crippen molar-refractivity contribution in [2.24, 2.45) is 0 Å². The Bertz CT molecular complexity index is 251. The van der Waals surface area contributed by atoms with Crippen LogP contribution in [0.5, 0.6) is 0 Å². The van der Waals surface area contributed by atoms with Gasteiger partial charge in [0.1, 0.15) is 7.85 Å². The molecule has 0 spiro atoms. The molecule has 0 aliphatic heterocycles. The van der Waals surface area contributed by atoms with Crippen molar-refractivity contribution in [3.8, 4) is 0 Å². The molecule has 1 aromatic carbocycles. The lowest BCUT2D eigenvalue weighted by Crippen LogP contribution is -2.08. The molecule has 0 atom stereocenters. The zero-order chi connectivity index (χ0) is 8.43. The Hall–Kier alpha value is -0.715. The zero-order valence-electron chi connectivity index (χ0n) is 7.39. The molecule has 1 rings (SSSR count). The van der Waals surface area contributed by atoms with Crippen molar-refractivity contribution < 1.29 is 0 Å². The van der Waals surface area contributed by atoms with Gasteiger partial charge in [-0.05, 0) is 18.4 Å². The minimum absolute atomic E-state index is 0.567. The lowest BCUT2D eigenvalue weighted by atomic mass is 9.87. The summed E-state index contributed by atoms with van der Waals surface area (Å²) in [5, 5.41) is 0. The normalized spacial score (nSPS) is 10.5. The summed E-state index contributed by atoms with van der Waals surface area (Å²) in [7, 11) is 5.76. The van der Waals surface area contributed by atoms with Gasteiger partial charge < -0.3 is 0 Å². The van der Waals surface area contributed by atoms with Crippen LogP contribution in [0.25, 0.3) is 0 Å². The summed E-state index contributed by atoms with van der Waals surface area (Å²) in [5.41, 5.74) is 3.37. The highest BCUT2D eigenvalue weighted by atomic mass is 14.0. The number of aryl methyl sites for hydroxylation is 1. The quantitative estimate of drug-likeness (QED) is 0.528. The van der Waals surface area contributed by atoms with E-state index in [1.807, 2.05) is 6.92 Å². The van der Waals surface area contributed by atoms with E-state index in [2.05, 4.69) is 32.0 Å². The molecule has 0 N–H and O–H groups in total. The zero-order valence-corrected chi connectivity index (χ0v) is 7.39. The lowest BCUT2D eigenvalue weighted by Gasteiger charge is -2.07. The summed E-state index contributed by atoms with van der Waals surface area (Å²) in [5.74, 6) is 0.567. The second-order valence-corrected chi connectivity index (χ2v) is 3.27. The fourth-order valence-corrected chi connectivity index (χ4v) is 1.02. The van der Waals surface area contributed by atoms with Gasteiger partial charge in [0.25, 0.3) is 0 Å². The first-order chi connectivity index (χ1) is 5.11. The first kappa shape index (κ1) is 8.38. The number of benzene rings is 1. The second-order valence-electron chi connectivity index (χ2n) is 3.27. The molecule has 0 saturated carbocycles. The van der Waals surface area contributed by atoms with Gasteiger partial charge >= 0.3 is 0 Å². The smallest absolute Gasteiger partial charge is 0.0935 e. The first-order valence-corrected chi connectivity index (χ1v) is 3.97. The molecule has 0 saturated heterocycles. The van der Waals surface area contributed by atoms with E-state index < -0.39 is 0 Å². The van der Waals surface area contributed by atoms with Crippen LogP contribution in [-0.4, -0.2) is 7.85 Å². The molecule has 0 nitrogen and oxygen atoms in total. The van der Waals surface area contributed by atoms with E-state index in [-0.39, 0.29) is 0 Å². The highest BCUT2D eigenvalue weighted by Crippen LogP contribution is 2.12. The third-order valence-corrected chi connectivity index (χ3v) is 1.97. The van der Waals surface area contributed by atoms with Gasteiger partial charge in [0.2, 0.25) is 0 Å². The molecule has 11 heavy (non-hydrogen) atoms. The maximum absolute atomic E-state index is 5.76. The van der Waals surface area contributed by atoms with Gasteiger partial charge in [-0.2, -0.15) is 0 Å². The highest BCUT2D eigenvalue weighted by Gasteiger charge is 1.98. The van der Waals surface area contributed by atoms with Gasteiger partial charge in [-0.1, -0.05) is 43.1 Å². The van der Waals surface area contributed by atoms with Crippen molar-refractivity contribution >= 4 is 13.3 Å². The summed E-state index contributed by atoms with van der Waals surface area (Å²) < 4.78 is 0. The summed E-state index contributed by atoms with van der Waals surface area (Å²) in [6.45, 7) is 6.37. The molecule has 0 aromatic heterocycles. The van der Waals surface area contributed by atoms with E-state index in [0.29, 0.717) is 5.92 Å². The fraction of sp³-hybridized carbons (Fsp3) is 0.400. The summed E-state index contributed by atoms with van der Waals surface area (Å²) in [6, 6.07) is 6.26. The molecule has 2 radical (unpaired) electrons. The van der Waals surface area contributed by atoms with Crippen LogP contribution in [0.15, 0.2) is 18.2 Å². The van der Waals surface area contributed by atoms with Crippen LogP contribution in [0, 0.1) is 6.92 Å². The van der Waals surface area contributed by atoms with Crippen molar-refractivity contribution in [3.63, 3.8) is 0 Å². The second kappa shape index (κ2) is 3.12. The van der Waals surface area contributed by atoms with Crippen LogP contribution in [-0.2, 0) is 0 Å². The third-order valence-electron chi connectivity index (χ3n) is 1.97. The van der Waals surface area contributed by atoms with E-state index in [0.717, 1.165) is 11.0 Å². The molecular weight excluding hydrogens is 131 g/mol. The molecule has 0 amide bonds. The van der Waals surface area contributed by atoms with E-state index in [9.17, 15) is 0 Å². The SMILES string of the molecule is [B]c1cc(C(C)C)ccc1C. The average molecular weight is 144 g/mol. The fourth-order valence-electron chi connectivity index (χ4n) is 1.02. The topological polar surface area (TPSA) is 0 Å². The molecular formula is C10H13B. The summed E-state index contributed by atoms with van der Waals surface area (Å²) >= 11 is 0. The summed E-state index contributed by atoms with van der Waals surface area (Å²) in [6.07, 6.45) is 0. The Labute approximate surface area is 70.0 Å². The van der Waals surface area contributed by atoms with Gasteiger partial charge in [-0.25, -0.2) is 0 Å². The maximum Gasteiger partial charge on any atom is 0.114 e. The first-order valence-electron chi connectivity index (χ1n) is 3.97. The van der Waals surface area contributed by atoms with E-state index in [1.165, 1.54) is 5.56 Å². The Kier molecular flexibility index (Phi) is 2.38. The van der Waals surface area contributed by atoms with Crippen molar-refractivity contribution in [2.75, 3.05) is 0 Å². The Morgan fingerprint density at radius 2 is 1.91 bits per heavy atom. The van der Waals surface area contributed by atoms with Crippen LogP contribution >= 0.6 is 0 Å². The molecule has 1 heteroatoms. The molecule has 0 aliphatic carbocycles. The van der Waals surface area contributed by atoms with Crippen molar-refractivity contribution in [1.29, 1.82) is 0 Å². The largest absolute Gasteiger partial charge is 0.114 e. The molecule has 0 aliphatic rings. The Morgan fingerprint density at radius 1 is 1.27 bits per heavy atom. The van der Waals surface area contributed by atoms with Crippen molar-refractivity contribution in [2.45, 2.75) is 26.7 Å². The number of hydrogen-bond donors (Lipinski definition) is 0. The summed E-state index contributed by atoms with van der Waals surface area (Å²) in [4.78, 5) is 0. The van der Waals surface area contributed by atoms with Crippen LogP contribution in [0.4, 0.5) is 0 Å². The molecule has 0 bridgehead atoms. The van der Waals surface area contributed by atoms with Crippen molar-refractivity contribution in [1.82, 2.24) is 0 Å². The minimum Gasteiger partial charge on any atom is -0.0935 e. The third kappa shape index (κ3) is 1.86. The standard InChI is InChI=1S/C10H13B/c1-7(2)9-5-4-8(3)10(11)6-9/h4-7H,1-3H3. The van der Waals surface area contributed by atoms with Crippen LogP contribution in [0.1, 0.15) is 30.9 Å². The number of hydrogen-bond acceptors (Lipinski definition) is 0. The maximum atomic E-state index is 5.76. The van der Waals surface area contributed by atoms with Gasteiger partial charge in [-0.15, -0.1) is 0 Å². The predicted octanol–water partition coefficient (Wildman–Crippen LogP) is 1.91. The predicted molar refractivity (Wildman–Crippen MR) is 50.7 cm³/mol. The Balaban J connectivity index is 3.05. The average Bonchev–Trinajstić information content (AvgIpc) is 1.94. The van der Waals surface area contributed by atoms with Crippen LogP contribution in [0.2, 0.25) is 0 Å². The molecule has 1 aromatic rings. The van der Waals surface area contributed by atoms with Gasteiger partial charge in [0.05, 0.1) is 0 Å². The minimum atomic E-state index is 0.567. The van der Waals surface area contributed by atoms with Crippen LogP contribution < -0.4 is 5.46 Å². The lowest BCUT2D eigenvalue weighted by molar-refractivity contribution is 0.867. The monoisotopic (exact) mass is 144 g/mol. The van der Waals surface area contributed by atoms with E-state index >= 15 is 0 Å². The van der Waals surface area contributed by atoms with Crippen molar-refractivity contribution in [3.05, 3.63) is 29.3 Å². The van der Waals surface area contributed by atoms with Gasteiger partial charge in [0, 0.05) is 0 Å². The molecule has 56 valence electrons. The Morgan fingerprint density at radius 3 is 2.36 bits per heavy atom. The number of rotatable bonds is 1. The van der Waals surface area contributed by atoms with E-state index in [1.54, 1.807) is 0 Å². The molecule has 0 fully saturated rings. The highest BCUT2D eigenvalue weighted by molar-refractivity contribution is 6.33.